The molecule has 1 rings (SSSR count). The predicted molar refractivity (Wildman–Crippen MR) is 55.5 cm³/mol. The summed E-state index contributed by atoms with van der Waals surface area (Å²) >= 11 is 0. The summed E-state index contributed by atoms with van der Waals surface area (Å²) in [4.78, 5) is 11.3. The highest BCUT2D eigenvalue weighted by molar-refractivity contribution is 6.00. The molecule has 1 aromatic rings. The molecule has 0 heterocycles. The van der Waals surface area contributed by atoms with Crippen LogP contribution in [0.4, 0.5) is 5.69 Å². The standard InChI is InChI=1S/C11H15NO/c1-7-5-8(2)11(12-4)10(6-7)9(3)13/h5-6,12H,1-4H3. The first-order valence-electron chi connectivity index (χ1n) is 4.36. The summed E-state index contributed by atoms with van der Waals surface area (Å²) in [6, 6.07) is 3.99. The molecule has 0 fully saturated rings. The monoisotopic (exact) mass is 177 g/mol. The third kappa shape index (κ3) is 1.89. The highest BCUT2D eigenvalue weighted by Crippen LogP contribution is 2.22. The quantitative estimate of drug-likeness (QED) is 0.703. The number of carbonyl (C=O) groups excluding carboxylic acids is 1. The average molecular weight is 177 g/mol. The minimum Gasteiger partial charge on any atom is -0.387 e. The van der Waals surface area contributed by atoms with Crippen LogP contribution in [-0.4, -0.2) is 12.8 Å². The van der Waals surface area contributed by atoms with Crippen LogP contribution in [0.2, 0.25) is 0 Å². The van der Waals surface area contributed by atoms with Crippen molar-refractivity contribution in [3.05, 3.63) is 28.8 Å². The van der Waals surface area contributed by atoms with Crippen LogP contribution in [0, 0.1) is 13.8 Å². The lowest BCUT2D eigenvalue weighted by Crippen LogP contribution is -2.02. The third-order valence-corrected chi connectivity index (χ3v) is 2.11. The van der Waals surface area contributed by atoms with Gasteiger partial charge in [-0.25, -0.2) is 0 Å². The Bertz CT molecular complexity index is 342. The maximum atomic E-state index is 11.3. The zero-order valence-electron chi connectivity index (χ0n) is 8.56. The van der Waals surface area contributed by atoms with Gasteiger partial charge >= 0.3 is 0 Å². The number of nitrogens with one attached hydrogen (secondary N) is 1. The van der Waals surface area contributed by atoms with Crippen molar-refractivity contribution in [3.63, 3.8) is 0 Å². The molecular weight excluding hydrogens is 162 g/mol. The highest BCUT2D eigenvalue weighted by Gasteiger charge is 2.08. The molecule has 0 radical (unpaired) electrons. The van der Waals surface area contributed by atoms with Gasteiger partial charge in [-0.2, -0.15) is 0 Å². The van der Waals surface area contributed by atoms with Gasteiger partial charge in [-0.15, -0.1) is 0 Å². The zero-order chi connectivity index (χ0) is 10.0. The van der Waals surface area contributed by atoms with Gasteiger partial charge in [0.15, 0.2) is 5.78 Å². The normalized spacial score (nSPS) is 9.85. The van der Waals surface area contributed by atoms with E-state index in [0.717, 1.165) is 22.4 Å². The van der Waals surface area contributed by atoms with E-state index in [-0.39, 0.29) is 5.78 Å². The molecule has 13 heavy (non-hydrogen) atoms. The number of rotatable bonds is 2. The van der Waals surface area contributed by atoms with E-state index in [1.807, 2.05) is 27.0 Å². The number of hydrogen-bond donors (Lipinski definition) is 1. The Labute approximate surface area is 79.0 Å². The Balaban J connectivity index is 3.38. The first-order chi connectivity index (χ1) is 6.06. The van der Waals surface area contributed by atoms with Crippen molar-refractivity contribution in [2.45, 2.75) is 20.8 Å². The van der Waals surface area contributed by atoms with Crippen molar-refractivity contribution in [1.82, 2.24) is 0 Å². The van der Waals surface area contributed by atoms with Gasteiger partial charge in [0.05, 0.1) is 0 Å². The topological polar surface area (TPSA) is 29.1 Å². The molecule has 0 aromatic heterocycles. The highest BCUT2D eigenvalue weighted by atomic mass is 16.1. The Morgan fingerprint density at radius 1 is 1.31 bits per heavy atom. The molecule has 0 unspecified atom stereocenters. The molecule has 0 saturated heterocycles. The van der Waals surface area contributed by atoms with Crippen molar-refractivity contribution in [2.75, 3.05) is 12.4 Å². The molecule has 0 aliphatic carbocycles. The minimum absolute atomic E-state index is 0.108. The molecule has 0 aliphatic heterocycles. The maximum Gasteiger partial charge on any atom is 0.161 e. The van der Waals surface area contributed by atoms with Gasteiger partial charge in [0.25, 0.3) is 0 Å². The fraction of sp³-hybridized carbons (Fsp3) is 0.364. The van der Waals surface area contributed by atoms with Crippen molar-refractivity contribution in [3.8, 4) is 0 Å². The van der Waals surface area contributed by atoms with Crippen LogP contribution < -0.4 is 5.32 Å². The molecule has 0 saturated carbocycles. The number of Topliss-reactive ketones (excluding diaryl/α,β-unsaturated/α-hetero) is 1. The van der Waals surface area contributed by atoms with Crippen LogP contribution in [0.15, 0.2) is 12.1 Å². The third-order valence-electron chi connectivity index (χ3n) is 2.11. The molecule has 2 heteroatoms. The summed E-state index contributed by atoms with van der Waals surface area (Å²) in [7, 11) is 1.84. The fourth-order valence-electron chi connectivity index (χ4n) is 1.58. The van der Waals surface area contributed by atoms with E-state index in [4.69, 9.17) is 0 Å². The predicted octanol–water partition coefficient (Wildman–Crippen LogP) is 2.55. The lowest BCUT2D eigenvalue weighted by atomic mass is 10.0. The van der Waals surface area contributed by atoms with Crippen LogP contribution >= 0.6 is 0 Å². The number of hydrogen-bond acceptors (Lipinski definition) is 2. The van der Waals surface area contributed by atoms with Gasteiger partial charge in [0, 0.05) is 18.3 Å². The smallest absolute Gasteiger partial charge is 0.161 e. The Kier molecular flexibility index (Phi) is 2.71. The van der Waals surface area contributed by atoms with E-state index in [1.54, 1.807) is 6.92 Å². The second-order valence-corrected chi connectivity index (χ2v) is 3.31. The van der Waals surface area contributed by atoms with Gasteiger partial charge in [-0.3, -0.25) is 4.79 Å². The molecule has 0 spiro atoms. The van der Waals surface area contributed by atoms with E-state index < -0.39 is 0 Å². The molecule has 0 amide bonds. The minimum atomic E-state index is 0.108. The van der Waals surface area contributed by atoms with Crippen molar-refractivity contribution in [2.24, 2.45) is 0 Å². The van der Waals surface area contributed by atoms with Gasteiger partial charge in [-0.05, 0) is 38.0 Å². The lowest BCUT2D eigenvalue weighted by molar-refractivity contribution is 0.101. The van der Waals surface area contributed by atoms with Crippen molar-refractivity contribution < 1.29 is 4.79 Å². The van der Waals surface area contributed by atoms with Crippen LogP contribution in [0.3, 0.4) is 0 Å². The van der Waals surface area contributed by atoms with Crippen LogP contribution in [0.25, 0.3) is 0 Å². The maximum absolute atomic E-state index is 11.3. The summed E-state index contributed by atoms with van der Waals surface area (Å²) in [6.07, 6.45) is 0. The van der Waals surface area contributed by atoms with E-state index >= 15 is 0 Å². The largest absolute Gasteiger partial charge is 0.387 e. The SMILES string of the molecule is CNc1c(C)cc(C)cc1C(C)=O. The summed E-state index contributed by atoms with van der Waals surface area (Å²) in [6.45, 7) is 5.60. The molecular formula is C11H15NO. The van der Waals surface area contributed by atoms with Crippen molar-refractivity contribution in [1.29, 1.82) is 0 Å². The van der Waals surface area contributed by atoms with E-state index in [0.29, 0.717) is 0 Å². The second-order valence-electron chi connectivity index (χ2n) is 3.31. The molecule has 2 nitrogen and oxygen atoms in total. The van der Waals surface area contributed by atoms with Crippen LogP contribution in [0.5, 0.6) is 0 Å². The van der Waals surface area contributed by atoms with Gasteiger partial charge in [0.2, 0.25) is 0 Å². The summed E-state index contributed by atoms with van der Waals surface area (Å²) in [5, 5.41) is 3.05. The summed E-state index contributed by atoms with van der Waals surface area (Å²) in [5.74, 6) is 0.108. The van der Waals surface area contributed by atoms with Gasteiger partial charge in [0.1, 0.15) is 0 Å². The first kappa shape index (κ1) is 9.78. The molecule has 0 atom stereocenters. The number of anilines is 1. The fourth-order valence-corrected chi connectivity index (χ4v) is 1.58. The summed E-state index contributed by atoms with van der Waals surface area (Å²) in [5.41, 5.74) is 3.97. The molecule has 1 N–H and O–H groups in total. The number of benzene rings is 1. The zero-order valence-corrected chi connectivity index (χ0v) is 8.56. The number of ketones is 1. The second kappa shape index (κ2) is 3.60. The Morgan fingerprint density at radius 2 is 1.92 bits per heavy atom. The molecule has 0 aliphatic rings. The lowest BCUT2D eigenvalue weighted by Gasteiger charge is -2.10. The summed E-state index contributed by atoms with van der Waals surface area (Å²) < 4.78 is 0. The Morgan fingerprint density at radius 3 is 2.38 bits per heavy atom. The molecule has 1 aromatic carbocycles. The van der Waals surface area contributed by atoms with E-state index in [1.165, 1.54) is 0 Å². The van der Waals surface area contributed by atoms with E-state index in [2.05, 4.69) is 11.4 Å². The molecule has 0 bridgehead atoms. The number of carbonyl (C=O) groups is 1. The average Bonchev–Trinajstić information content (AvgIpc) is 2.02. The first-order valence-corrected chi connectivity index (χ1v) is 4.36. The van der Waals surface area contributed by atoms with Crippen LogP contribution in [0.1, 0.15) is 28.4 Å². The van der Waals surface area contributed by atoms with Crippen molar-refractivity contribution >= 4 is 11.5 Å². The van der Waals surface area contributed by atoms with Gasteiger partial charge in [-0.1, -0.05) is 6.07 Å². The van der Waals surface area contributed by atoms with E-state index in [9.17, 15) is 4.79 Å². The molecule has 70 valence electrons. The van der Waals surface area contributed by atoms with Gasteiger partial charge < -0.3 is 5.32 Å². The van der Waals surface area contributed by atoms with Crippen LogP contribution in [-0.2, 0) is 0 Å². The Hall–Kier alpha value is -1.31. The number of aryl methyl sites for hydroxylation is 2.